The van der Waals surface area contributed by atoms with Crippen LogP contribution in [0.2, 0.25) is 0 Å². The van der Waals surface area contributed by atoms with E-state index in [4.69, 9.17) is 24.9 Å². The van der Waals surface area contributed by atoms with Crippen LogP contribution in [-0.4, -0.2) is 34.9 Å². The maximum Gasteiger partial charge on any atom is 0.164 e. The Morgan fingerprint density at radius 3 is 1.12 bits per heavy atom. The highest BCUT2D eigenvalue weighted by atomic mass is 15.0. The normalized spacial score (nSPS) is 11.0. The number of nitrogens with zero attached hydrogens (tertiary/aromatic N) is 7. The lowest BCUT2D eigenvalue weighted by atomic mass is 9.96. The molecule has 0 fully saturated rings. The van der Waals surface area contributed by atoms with Gasteiger partial charge < -0.3 is 0 Å². The van der Waals surface area contributed by atoms with Gasteiger partial charge in [0.1, 0.15) is 0 Å². The number of benzene rings is 5. The van der Waals surface area contributed by atoms with Gasteiger partial charge in [-0.1, -0.05) is 109 Å². The number of pyridine rings is 4. The SMILES string of the molecule is c1ccc(-c2cc(-c3ccc(-c4ccccn4)nc3)cc(-c3nc(-c4ccccc4)nc(-c4cc(-c5ccccc5)cc(-c5ccc(-c6ccccn6)cn5)c4)n3)c2)cc1. The fourth-order valence-corrected chi connectivity index (χ4v) is 7.25. The second-order valence-corrected chi connectivity index (χ2v) is 14.3. The lowest BCUT2D eigenvalue weighted by Gasteiger charge is -2.14. The maximum atomic E-state index is 5.27. The molecule has 10 rings (SSSR count). The van der Waals surface area contributed by atoms with Gasteiger partial charge in [-0.2, -0.15) is 0 Å². The van der Waals surface area contributed by atoms with Crippen molar-refractivity contribution in [2.24, 2.45) is 0 Å². The summed E-state index contributed by atoms with van der Waals surface area (Å²) < 4.78 is 0. The molecule has 5 heterocycles. The first-order chi connectivity index (χ1) is 29.7. The summed E-state index contributed by atoms with van der Waals surface area (Å²) >= 11 is 0. The van der Waals surface area contributed by atoms with E-state index in [-0.39, 0.29) is 0 Å². The predicted octanol–water partition coefficient (Wildman–Crippen LogP) is 12.5. The number of hydrogen-bond acceptors (Lipinski definition) is 7. The molecule has 5 aromatic carbocycles. The van der Waals surface area contributed by atoms with Gasteiger partial charge in [-0.05, 0) is 107 Å². The summed E-state index contributed by atoms with van der Waals surface area (Å²) in [5.74, 6) is 1.68. The van der Waals surface area contributed by atoms with Crippen LogP contribution in [0.5, 0.6) is 0 Å². The van der Waals surface area contributed by atoms with Crippen LogP contribution in [0.4, 0.5) is 0 Å². The largest absolute Gasteiger partial charge is 0.256 e. The van der Waals surface area contributed by atoms with Gasteiger partial charge in [-0.25, -0.2) is 15.0 Å². The van der Waals surface area contributed by atoms with Crippen molar-refractivity contribution in [3.05, 3.63) is 213 Å². The Balaban J connectivity index is 1.14. The molecule has 282 valence electrons. The molecule has 0 aliphatic heterocycles. The van der Waals surface area contributed by atoms with Crippen LogP contribution in [0.25, 0.3) is 101 Å². The number of aromatic nitrogens is 7. The van der Waals surface area contributed by atoms with Crippen LogP contribution in [0.15, 0.2) is 213 Å². The van der Waals surface area contributed by atoms with Crippen LogP contribution < -0.4 is 0 Å². The minimum absolute atomic E-state index is 0.552. The van der Waals surface area contributed by atoms with E-state index in [1.165, 1.54) is 0 Å². The van der Waals surface area contributed by atoms with Gasteiger partial charge in [0.2, 0.25) is 0 Å². The van der Waals surface area contributed by atoms with Crippen LogP contribution in [0.3, 0.4) is 0 Å². The van der Waals surface area contributed by atoms with Gasteiger partial charge in [-0.15, -0.1) is 0 Å². The summed E-state index contributed by atoms with van der Waals surface area (Å²) in [6.45, 7) is 0. The van der Waals surface area contributed by atoms with Crippen LogP contribution in [-0.2, 0) is 0 Å². The smallest absolute Gasteiger partial charge is 0.164 e. The molecule has 0 radical (unpaired) electrons. The zero-order chi connectivity index (χ0) is 40.1. The van der Waals surface area contributed by atoms with Gasteiger partial charge >= 0.3 is 0 Å². The predicted molar refractivity (Wildman–Crippen MR) is 240 cm³/mol. The first-order valence-corrected chi connectivity index (χ1v) is 19.7. The average Bonchev–Trinajstić information content (AvgIpc) is 3.35. The van der Waals surface area contributed by atoms with E-state index in [0.717, 1.165) is 84.0 Å². The van der Waals surface area contributed by atoms with Crippen molar-refractivity contribution in [1.29, 1.82) is 0 Å². The molecular weight excluding hydrogens is 735 g/mol. The van der Waals surface area contributed by atoms with Crippen molar-refractivity contribution < 1.29 is 0 Å². The highest BCUT2D eigenvalue weighted by Crippen LogP contribution is 2.36. The molecule has 0 N–H and O–H groups in total. The standard InChI is InChI=1S/C53H35N7/c1-4-14-36(15-5-1)41-28-43(39-22-25-50(57-34-39)49-21-11-13-27-55-49)32-45(30-41)52-58-51(38-18-8-3-9-19-38)59-53(60-52)46-31-42(37-16-6-2-7-17-37)29-44(33-46)48-24-23-40(35-56-48)47-20-10-12-26-54-47/h1-35H. The van der Waals surface area contributed by atoms with E-state index in [2.05, 4.69) is 107 Å². The van der Waals surface area contributed by atoms with Gasteiger partial charge in [0, 0.05) is 58.2 Å². The quantitative estimate of drug-likeness (QED) is 0.144. The summed E-state index contributed by atoms with van der Waals surface area (Å²) in [5, 5.41) is 0. The lowest BCUT2D eigenvalue weighted by Crippen LogP contribution is -2.01. The second-order valence-electron chi connectivity index (χ2n) is 14.3. The van der Waals surface area contributed by atoms with Crippen molar-refractivity contribution in [2.45, 2.75) is 0 Å². The second kappa shape index (κ2) is 16.3. The molecule has 10 aromatic rings. The molecule has 0 aliphatic carbocycles. The van der Waals surface area contributed by atoms with Crippen molar-refractivity contribution in [2.75, 3.05) is 0 Å². The number of rotatable bonds is 9. The summed E-state index contributed by atoms with van der Waals surface area (Å²) in [7, 11) is 0. The Labute approximate surface area is 347 Å². The minimum atomic E-state index is 0.552. The molecule has 7 nitrogen and oxygen atoms in total. The molecule has 0 saturated carbocycles. The van der Waals surface area contributed by atoms with Crippen LogP contribution in [0.1, 0.15) is 0 Å². The summed E-state index contributed by atoms with van der Waals surface area (Å²) in [6.07, 6.45) is 7.35. The third-order valence-electron chi connectivity index (χ3n) is 10.3. The van der Waals surface area contributed by atoms with Crippen molar-refractivity contribution in [1.82, 2.24) is 34.9 Å². The fraction of sp³-hybridized carbons (Fsp3) is 0. The van der Waals surface area contributed by atoms with E-state index in [9.17, 15) is 0 Å². The van der Waals surface area contributed by atoms with E-state index in [1.54, 1.807) is 12.4 Å². The lowest BCUT2D eigenvalue weighted by molar-refractivity contribution is 1.07. The molecule has 0 amide bonds. The zero-order valence-corrected chi connectivity index (χ0v) is 32.3. The van der Waals surface area contributed by atoms with Crippen molar-refractivity contribution >= 4 is 0 Å². The molecule has 0 aliphatic rings. The average molecular weight is 770 g/mol. The first kappa shape index (κ1) is 36.1. The monoisotopic (exact) mass is 769 g/mol. The van der Waals surface area contributed by atoms with E-state index < -0.39 is 0 Å². The van der Waals surface area contributed by atoms with Crippen LogP contribution in [0, 0.1) is 0 Å². The Kier molecular flexibility index (Phi) is 9.79. The maximum absolute atomic E-state index is 5.27. The summed E-state index contributed by atoms with van der Waals surface area (Å²) in [6, 6.07) is 63.6. The van der Waals surface area contributed by atoms with Gasteiger partial charge in [0.25, 0.3) is 0 Å². The third kappa shape index (κ3) is 7.71. The summed E-state index contributed by atoms with van der Waals surface area (Å²) in [4.78, 5) is 34.3. The minimum Gasteiger partial charge on any atom is -0.256 e. The fourth-order valence-electron chi connectivity index (χ4n) is 7.25. The highest BCUT2D eigenvalue weighted by Gasteiger charge is 2.17. The van der Waals surface area contributed by atoms with E-state index in [1.807, 2.05) is 103 Å². The summed E-state index contributed by atoms with van der Waals surface area (Å²) in [5.41, 5.74) is 14.0. The molecule has 0 spiro atoms. The van der Waals surface area contributed by atoms with E-state index in [0.29, 0.717) is 17.5 Å². The molecule has 60 heavy (non-hydrogen) atoms. The Morgan fingerprint density at radius 2 is 0.600 bits per heavy atom. The third-order valence-corrected chi connectivity index (χ3v) is 10.3. The van der Waals surface area contributed by atoms with Crippen molar-refractivity contribution in [3.63, 3.8) is 0 Å². The molecule has 0 unspecified atom stereocenters. The Hall–Kier alpha value is -8.29. The molecule has 0 bridgehead atoms. The molecule has 0 atom stereocenters. The molecule has 5 aromatic heterocycles. The topological polar surface area (TPSA) is 90.2 Å². The highest BCUT2D eigenvalue weighted by molar-refractivity contribution is 5.82. The van der Waals surface area contributed by atoms with Crippen molar-refractivity contribution in [3.8, 4) is 101 Å². The van der Waals surface area contributed by atoms with Gasteiger partial charge in [-0.3, -0.25) is 19.9 Å². The van der Waals surface area contributed by atoms with Gasteiger partial charge in [0.05, 0.1) is 22.8 Å². The molecule has 0 saturated heterocycles. The molecular formula is C53H35N7. The Morgan fingerprint density at radius 1 is 0.217 bits per heavy atom. The Bertz CT molecular complexity index is 2850. The first-order valence-electron chi connectivity index (χ1n) is 19.7. The van der Waals surface area contributed by atoms with E-state index >= 15 is 0 Å². The van der Waals surface area contributed by atoms with Crippen LogP contribution >= 0.6 is 0 Å². The van der Waals surface area contributed by atoms with Gasteiger partial charge in [0.15, 0.2) is 17.5 Å². The zero-order valence-electron chi connectivity index (χ0n) is 32.3. The number of hydrogen-bond donors (Lipinski definition) is 0. The molecule has 7 heteroatoms.